The lowest BCUT2D eigenvalue weighted by atomic mass is 10.3. The SMILES string of the molecule is CCCC([O])OC(C)CC. The third kappa shape index (κ3) is 4.77. The minimum atomic E-state index is -0.806. The average Bonchev–Trinajstić information content (AvgIpc) is 1.88. The van der Waals surface area contributed by atoms with Gasteiger partial charge in [-0.3, -0.25) is 0 Å². The minimum absolute atomic E-state index is 0.119. The van der Waals surface area contributed by atoms with Crippen LogP contribution < -0.4 is 0 Å². The largest absolute Gasteiger partial charge is 0.347 e. The van der Waals surface area contributed by atoms with Crippen molar-refractivity contribution >= 4 is 0 Å². The molecule has 0 aliphatic heterocycles. The van der Waals surface area contributed by atoms with E-state index in [2.05, 4.69) is 0 Å². The fraction of sp³-hybridized carbons (Fsp3) is 1.00. The molecule has 2 atom stereocenters. The lowest BCUT2D eigenvalue weighted by Crippen LogP contribution is -2.17. The van der Waals surface area contributed by atoms with Crippen LogP contribution in [-0.4, -0.2) is 12.4 Å². The molecule has 0 aliphatic carbocycles. The van der Waals surface area contributed by atoms with Gasteiger partial charge in [0.15, 0.2) is 6.29 Å². The molecule has 0 fully saturated rings. The maximum Gasteiger partial charge on any atom is 0.191 e. The zero-order valence-electron chi connectivity index (χ0n) is 7.09. The Balaban J connectivity index is 3.27. The van der Waals surface area contributed by atoms with Gasteiger partial charge in [0, 0.05) is 6.42 Å². The highest BCUT2D eigenvalue weighted by Gasteiger charge is 2.07. The van der Waals surface area contributed by atoms with E-state index in [1.54, 1.807) is 0 Å². The number of rotatable bonds is 5. The molecule has 0 saturated heterocycles. The first-order chi connectivity index (χ1) is 4.70. The topological polar surface area (TPSA) is 29.1 Å². The summed E-state index contributed by atoms with van der Waals surface area (Å²) in [6.07, 6.45) is 1.77. The highest BCUT2D eigenvalue weighted by atomic mass is 16.6. The number of ether oxygens (including phenoxy) is 1. The Morgan fingerprint density at radius 1 is 1.40 bits per heavy atom. The van der Waals surface area contributed by atoms with E-state index in [9.17, 15) is 5.11 Å². The highest BCUT2D eigenvalue weighted by molar-refractivity contribution is 4.47. The van der Waals surface area contributed by atoms with Crippen LogP contribution in [0.2, 0.25) is 0 Å². The molecule has 0 aromatic heterocycles. The molecule has 0 N–H and O–H groups in total. The molecule has 0 aliphatic rings. The summed E-state index contributed by atoms with van der Waals surface area (Å²) in [5, 5.41) is 10.9. The second-order valence-electron chi connectivity index (χ2n) is 2.57. The van der Waals surface area contributed by atoms with Crippen LogP contribution in [0.4, 0.5) is 0 Å². The van der Waals surface area contributed by atoms with Crippen molar-refractivity contribution < 1.29 is 9.84 Å². The van der Waals surface area contributed by atoms with Gasteiger partial charge in [-0.05, 0) is 13.3 Å². The summed E-state index contributed by atoms with van der Waals surface area (Å²) < 4.78 is 5.08. The second-order valence-corrected chi connectivity index (χ2v) is 2.57. The van der Waals surface area contributed by atoms with Crippen molar-refractivity contribution in [1.82, 2.24) is 0 Å². The van der Waals surface area contributed by atoms with Crippen molar-refractivity contribution in [2.75, 3.05) is 0 Å². The van der Waals surface area contributed by atoms with Gasteiger partial charge in [0.1, 0.15) is 0 Å². The van der Waals surface area contributed by atoms with E-state index in [-0.39, 0.29) is 6.10 Å². The molecule has 0 aromatic carbocycles. The van der Waals surface area contributed by atoms with E-state index in [0.717, 1.165) is 12.8 Å². The molecule has 0 amide bonds. The summed E-state index contributed by atoms with van der Waals surface area (Å²) >= 11 is 0. The van der Waals surface area contributed by atoms with Crippen LogP contribution in [0.15, 0.2) is 0 Å². The summed E-state index contributed by atoms with van der Waals surface area (Å²) in [7, 11) is 0. The third-order valence-corrected chi connectivity index (χ3v) is 1.48. The van der Waals surface area contributed by atoms with E-state index in [0.29, 0.717) is 6.42 Å². The van der Waals surface area contributed by atoms with Gasteiger partial charge < -0.3 is 4.74 Å². The van der Waals surface area contributed by atoms with Crippen molar-refractivity contribution in [1.29, 1.82) is 0 Å². The summed E-state index contributed by atoms with van der Waals surface area (Å²) in [5.41, 5.74) is 0. The van der Waals surface area contributed by atoms with Gasteiger partial charge in [-0.2, -0.15) is 0 Å². The van der Waals surface area contributed by atoms with Gasteiger partial charge in [-0.25, -0.2) is 5.11 Å². The van der Waals surface area contributed by atoms with Crippen molar-refractivity contribution in [2.45, 2.75) is 52.4 Å². The van der Waals surface area contributed by atoms with Crippen LogP contribution in [0.5, 0.6) is 0 Å². The fourth-order valence-corrected chi connectivity index (χ4v) is 0.659. The normalized spacial score (nSPS) is 16.8. The predicted molar refractivity (Wildman–Crippen MR) is 40.2 cm³/mol. The first kappa shape index (κ1) is 9.92. The van der Waals surface area contributed by atoms with Crippen LogP contribution in [-0.2, 0) is 9.84 Å². The average molecular weight is 145 g/mol. The first-order valence-electron chi connectivity index (χ1n) is 4.02. The molecule has 2 unspecified atom stereocenters. The van der Waals surface area contributed by atoms with E-state index >= 15 is 0 Å². The molecule has 61 valence electrons. The summed E-state index contributed by atoms with van der Waals surface area (Å²) in [6, 6.07) is 0. The Bertz CT molecular complexity index is 73.7. The van der Waals surface area contributed by atoms with Crippen LogP contribution in [0.25, 0.3) is 0 Å². The van der Waals surface area contributed by atoms with E-state index in [4.69, 9.17) is 4.74 Å². The summed E-state index contributed by atoms with van der Waals surface area (Å²) in [4.78, 5) is 0. The minimum Gasteiger partial charge on any atom is -0.347 e. The number of hydrogen-bond donors (Lipinski definition) is 0. The Labute approximate surface area is 63.2 Å². The van der Waals surface area contributed by atoms with Crippen LogP contribution in [0, 0.1) is 0 Å². The first-order valence-corrected chi connectivity index (χ1v) is 4.02. The molecule has 0 saturated carbocycles. The molecule has 0 bridgehead atoms. The van der Waals surface area contributed by atoms with Crippen molar-refractivity contribution in [3.63, 3.8) is 0 Å². The Kier molecular flexibility index (Phi) is 5.64. The van der Waals surface area contributed by atoms with Crippen molar-refractivity contribution in [2.24, 2.45) is 0 Å². The summed E-state index contributed by atoms with van der Waals surface area (Å²) in [6.45, 7) is 5.94. The van der Waals surface area contributed by atoms with Gasteiger partial charge in [-0.1, -0.05) is 20.3 Å². The maximum absolute atomic E-state index is 10.9. The summed E-state index contributed by atoms with van der Waals surface area (Å²) in [5.74, 6) is 0. The predicted octanol–water partition coefficient (Wildman–Crippen LogP) is 2.36. The lowest BCUT2D eigenvalue weighted by molar-refractivity contribution is -0.169. The lowest BCUT2D eigenvalue weighted by Gasteiger charge is -2.13. The Morgan fingerprint density at radius 2 is 2.00 bits per heavy atom. The van der Waals surface area contributed by atoms with Crippen LogP contribution in [0.1, 0.15) is 40.0 Å². The van der Waals surface area contributed by atoms with Gasteiger partial charge >= 0.3 is 0 Å². The Hall–Kier alpha value is -0.0800. The van der Waals surface area contributed by atoms with E-state index < -0.39 is 6.29 Å². The van der Waals surface area contributed by atoms with Crippen LogP contribution >= 0.6 is 0 Å². The molecule has 2 nitrogen and oxygen atoms in total. The van der Waals surface area contributed by atoms with Gasteiger partial charge in [0.2, 0.25) is 0 Å². The van der Waals surface area contributed by atoms with Crippen LogP contribution in [0.3, 0.4) is 0 Å². The molecule has 0 rings (SSSR count). The molecule has 10 heavy (non-hydrogen) atoms. The zero-order valence-corrected chi connectivity index (χ0v) is 7.09. The molecule has 1 radical (unpaired) electrons. The van der Waals surface area contributed by atoms with Crippen molar-refractivity contribution in [3.05, 3.63) is 0 Å². The second kappa shape index (κ2) is 5.69. The fourth-order valence-electron chi connectivity index (χ4n) is 0.659. The van der Waals surface area contributed by atoms with Crippen molar-refractivity contribution in [3.8, 4) is 0 Å². The molecule has 0 heterocycles. The number of hydrogen-bond acceptors (Lipinski definition) is 1. The molecule has 0 spiro atoms. The van der Waals surface area contributed by atoms with Gasteiger partial charge in [0.25, 0.3) is 0 Å². The van der Waals surface area contributed by atoms with Gasteiger partial charge in [0.05, 0.1) is 6.10 Å². The van der Waals surface area contributed by atoms with E-state index in [1.165, 1.54) is 0 Å². The third-order valence-electron chi connectivity index (χ3n) is 1.48. The molecular formula is C8H17O2. The molecule has 0 aromatic rings. The standard InChI is InChI=1S/C8H17O2/c1-4-6-8(9)10-7(3)5-2/h7-8H,4-6H2,1-3H3. The van der Waals surface area contributed by atoms with E-state index in [1.807, 2.05) is 20.8 Å². The zero-order chi connectivity index (χ0) is 7.98. The Morgan fingerprint density at radius 3 is 2.40 bits per heavy atom. The highest BCUT2D eigenvalue weighted by Crippen LogP contribution is 2.04. The monoisotopic (exact) mass is 145 g/mol. The molecule has 2 heteroatoms. The quantitative estimate of drug-likeness (QED) is 0.546. The van der Waals surface area contributed by atoms with Gasteiger partial charge in [-0.15, -0.1) is 0 Å². The maximum atomic E-state index is 10.9. The molecular weight excluding hydrogens is 128 g/mol. The smallest absolute Gasteiger partial charge is 0.191 e.